The standard InChI is InChI=1S/C7H6N2O6/c10-6(11)7(9(14)15)3-1-5(2-4-7)8(12)13/h1-3H,4H2,(H,10,11). The van der Waals surface area contributed by atoms with E-state index in [1.807, 2.05) is 0 Å². The van der Waals surface area contributed by atoms with Gasteiger partial charge in [0.05, 0.1) is 11.3 Å². The quantitative estimate of drug-likeness (QED) is 0.528. The summed E-state index contributed by atoms with van der Waals surface area (Å²) in [5.74, 6) is -1.64. The van der Waals surface area contributed by atoms with E-state index in [9.17, 15) is 25.0 Å². The molecule has 0 aliphatic heterocycles. The highest BCUT2D eigenvalue weighted by molar-refractivity contribution is 5.80. The fourth-order valence-corrected chi connectivity index (χ4v) is 1.13. The highest BCUT2D eigenvalue weighted by Crippen LogP contribution is 2.24. The molecule has 1 N–H and O–H groups in total. The van der Waals surface area contributed by atoms with Crippen LogP contribution in [-0.4, -0.2) is 26.5 Å². The highest BCUT2D eigenvalue weighted by atomic mass is 16.6. The zero-order chi connectivity index (χ0) is 11.6. The van der Waals surface area contributed by atoms with E-state index in [1.165, 1.54) is 0 Å². The van der Waals surface area contributed by atoms with E-state index in [4.69, 9.17) is 5.11 Å². The minimum absolute atomic E-state index is 0.339. The fraction of sp³-hybridized carbons (Fsp3) is 0.286. The number of hydrogen-bond acceptors (Lipinski definition) is 5. The lowest BCUT2D eigenvalue weighted by Crippen LogP contribution is -2.45. The summed E-state index contributed by atoms with van der Waals surface area (Å²) in [6.07, 6.45) is 1.97. The topological polar surface area (TPSA) is 124 Å². The van der Waals surface area contributed by atoms with Crippen LogP contribution >= 0.6 is 0 Å². The molecule has 0 spiro atoms. The number of aliphatic carboxylic acids is 1. The van der Waals surface area contributed by atoms with Gasteiger partial charge in [0.1, 0.15) is 0 Å². The van der Waals surface area contributed by atoms with Gasteiger partial charge in [0, 0.05) is 23.2 Å². The van der Waals surface area contributed by atoms with Crippen LogP contribution in [-0.2, 0) is 4.79 Å². The first-order valence-electron chi connectivity index (χ1n) is 3.82. The molecule has 1 rings (SSSR count). The number of nitrogens with zero attached hydrogens (tertiary/aromatic N) is 2. The van der Waals surface area contributed by atoms with Crippen LogP contribution in [0.4, 0.5) is 0 Å². The van der Waals surface area contributed by atoms with Crippen LogP contribution in [0.25, 0.3) is 0 Å². The predicted molar refractivity (Wildman–Crippen MR) is 46.2 cm³/mol. The van der Waals surface area contributed by atoms with Gasteiger partial charge in [0.15, 0.2) is 0 Å². The minimum Gasteiger partial charge on any atom is -0.476 e. The van der Waals surface area contributed by atoms with E-state index >= 15 is 0 Å². The Labute approximate surface area is 82.8 Å². The molecule has 1 unspecified atom stereocenters. The van der Waals surface area contributed by atoms with Crippen LogP contribution < -0.4 is 0 Å². The van der Waals surface area contributed by atoms with Crippen molar-refractivity contribution in [2.45, 2.75) is 12.0 Å². The van der Waals surface area contributed by atoms with E-state index in [-0.39, 0.29) is 5.70 Å². The molecule has 1 aliphatic rings. The summed E-state index contributed by atoms with van der Waals surface area (Å²) < 4.78 is 0. The fourth-order valence-electron chi connectivity index (χ4n) is 1.13. The van der Waals surface area contributed by atoms with Crippen LogP contribution in [0.1, 0.15) is 6.42 Å². The Kier molecular flexibility index (Phi) is 2.51. The number of carboxylic acids is 1. The molecule has 1 aliphatic carbocycles. The van der Waals surface area contributed by atoms with Crippen molar-refractivity contribution in [3.8, 4) is 0 Å². The molecule has 0 aromatic carbocycles. The molecule has 15 heavy (non-hydrogen) atoms. The zero-order valence-corrected chi connectivity index (χ0v) is 7.32. The van der Waals surface area contributed by atoms with Gasteiger partial charge >= 0.3 is 11.5 Å². The molecule has 0 amide bonds. The third-order valence-corrected chi connectivity index (χ3v) is 2.06. The molecule has 80 valence electrons. The molecule has 0 radical (unpaired) electrons. The van der Waals surface area contributed by atoms with E-state index in [0.29, 0.717) is 0 Å². The molecule has 0 heterocycles. The molecule has 8 nitrogen and oxygen atoms in total. The number of carbonyl (C=O) groups is 1. The molecule has 1 atom stereocenters. The first-order valence-corrected chi connectivity index (χ1v) is 3.82. The van der Waals surface area contributed by atoms with Crippen molar-refractivity contribution in [1.82, 2.24) is 0 Å². The maximum absolute atomic E-state index is 10.7. The summed E-state index contributed by atoms with van der Waals surface area (Å²) in [7, 11) is 0. The minimum atomic E-state index is -2.28. The second kappa shape index (κ2) is 3.48. The molecular weight excluding hydrogens is 208 g/mol. The first kappa shape index (κ1) is 10.8. The van der Waals surface area contributed by atoms with Crippen molar-refractivity contribution < 1.29 is 19.7 Å². The van der Waals surface area contributed by atoms with Crippen LogP contribution in [0.15, 0.2) is 23.9 Å². The number of allylic oxidation sites excluding steroid dienone is 1. The molecule has 0 fully saturated rings. The van der Waals surface area contributed by atoms with Crippen LogP contribution in [0, 0.1) is 20.2 Å². The monoisotopic (exact) mass is 214 g/mol. The third-order valence-electron chi connectivity index (χ3n) is 2.06. The number of rotatable bonds is 3. The van der Waals surface area contributed by atoms with Crippen LogP contribution in [0.3, 0.4) is 0 Å². The van der Waals surface area contributed by atoms with Gasteiger partial charge in [0.2, 0.25) is 0 Å². The van der Waals surface area contributed by atoms with Crippen molar-refractivity contribution in [3.05, 3.63) is 44.2 Å². The SMILES string of the molecule is O=C(O)C1([N+](=O)[O-])C=CC([N+](=O)[O-])=CC1. The summed E-state index contributed by atoms with van der Waals surface area (Å²) in [6, 6.07) is 0. The summed E-state index contributed by atoms with van der Waals surface area (Å²) >= 11 is 0. The Balaban J connectivity index is 3.05. The summed E-state index contributed by atoms with van der Waals surface area (Å²) in [5.41, 5.74) is -2.62. The van der Waals surface area contributed by atoms with Crippen LogP contribution in [0.5, 0.6) is 0 Å². The van der Waals surface area contributed by atoms with E-state index in [1.54, 1.807) is 0 Å². The van der Waals surface area contributed by atoms with Gasteiger partial charge in [-0.25, -0.2) is 4.79 Å². The summed E-state index contributed by atoms with van der Waals surface area (Å²) in [5, 5.41) is 29.5. The Morgan fingerprint density at radius 2 is 2.07 bits per heavy atom. The third kappa shape index (κ3) is 1.68. The molecule has 0 saturated carbocycles. The predicted octanol–water partition coefficient (Wildman–Crippen LogP) is 0.207. The van der Waals surface area contributed by atoms with Gasteiger partial charge in [-0.3, -0.25) is 20.2 Å². The lowest BCUT2D eigenvalue weighted by atomic mass is 9.91. The van der Waals surface area contributed by atoms with Gasteiger partial charge < -0.3 is 5.11 Å². The second-order valence-corrected chi connectivity index (χ2v) is 2.91. The Morgan fingerprint density at radius 1 is 1.47 bits per heavy atom. The maximum Gasteiger partial charge on any atom is 0.387 e. The Morgan fingerprint density at radius 3 is 2.33 bits per heavy atom. The number of hydrogen-bond donors (Lipinski definition) is 1. The highest BCUT2D eigenvalue weighted by Gasteiger charge is 2.50. The largest absolute Gasteiger partial charge is 0.476 e. The van der Waals surface area contributed by atoms with Gasteiger partial charge in [-0.15, -0.1) is 0 Å². The van der Waals surface area contributed by atoms with Crippen molar-refractivity contribution in [1.29, 1.82) is 0 Å². The molecule has 0 aromatic heterocycles. The van der Waals surface area contributed by atoms with Gasteiger partial charge in [-0.05, 0) is 0 Å². The Bertz CT molecular complexity index is 382. The van der Waals surface area contributed by atoms with Gasteiger partial charge in [-0.1, -0.05) is 0 Å². The van der Waals surface area contributed by atoms with E-state index < -0.39 is 27.8 Å². The summed E-state index contributed by atoms with van der Waals surface area (Å²) in [6.45, 7) is 0. The normalized spacial score (nSPS) is 24.4. The van der Waals surface area contributed by atoms with E-state index in [2.05, 4.69) is 0 Å². The molecule has 0 aromatic rings. The van der Waals surface area contributed by atoms with Crippen molar-refractivity contribution in [2.24, 2.45) is 0 Å². The first-order chi connectivity index (χ1) is 6.90. The number of carboxylic acid groups (broad SMARTS) is 1. The molecule has 8 heteroatoms. The average Bonchev–Trinajstić information content (AvgIpc) is 2.17. The van der Waals surface area contributed by atoms with Crippen molar-refractivity contribution >= 4 is 5.97 Å². The molecule has 0 bridgehead atoms. The average molecular weight is 214 g/mol. The number of nitro groups is 2. The van der Waals surface area contributed by atoms with Crippen molar-refractivity contribution in [2.75, 3.05) is 0 Å². The smallest absolute Gasteiger partial charge is 0.387 e. The molecular formula is C7H6N2O6. The van der Waals surface area contributed by atoms with Crippen LogP contribution in [0.2, 0.25) is 0 Å². The summed E-state index contributed by atoms with van der Waals surface area (Å²) in [4.78, 5) is 29.8. The van der Waals surface area contributed by atoms with Crippen molar-refractivity contribution in [3.63, 3.8) is 0 Å². The van der Waals surface area contributed by atoms with E-state index in [0.717, 1.165) is 18.2 Å². The van der Waals surface area contributed by atoms with Gasteiger partial charge in [-0.2, -0.15) is 0 Å². The lowest BCUT2D eigenvalue weighted by Gasteiger charge is -2.16. The van der Waals surface area contributed by atoms with Gasteiger partial charge in [0.25, 0.3) is 5.70 Å². The zero-order valence-electron chi connectivity index (χ0n) is 7.32. The Hall–Kier alpha value is -2.25. The molecule has 0 saturated heterocycles. The maximum atomic E-state index is 10.7. The lowest BCUT2D eigenvalue weighted by molar-refractivity contribution is -0.541. The second-order valence-electron chi connectivity index (χ2n) is 2.91.